The molecule has 0 spiro atoms. The Bertz CT molecular complexity index is 1210. The van der Waals surface area contributed by atoms with Crippen LogP contribution in [0.4, 0.5) is 5.69 Å². The second-order valence-electron chi connectivity index (χ2n) is 7.91. The van der Waals surface area contributed by atoms with Crippen LogP contribution in [0.5, 0.6) is 0 Å². The molecule has 2 aromatic heterocycles. The van der Waals surface area contributed by atoms with E-state index in [9.17, 15) is 4.55 Å². The van der Waals surface area contributed by atoms with Gasteiger partial charge in [0, 0.05) is 61.5 Å². The molecule has 0 amide bonds. The van der Waals surface area contributed by atoms with E-state index in [0.717, 1.165) is 64.5 Å². The van der Waals surface area contributed by atoms with E-state index in [-0.39, 0.29) is 0 Å². The lowest BCUT2D eigenvalue weighted by Gasteiger charge is -2.29. The van der Waals surface area contributed by atoms with Crippen LogP contribution in [0.15, 0.2) is 66.0 Å². The summed E-state index contributed by atoms with van der Waals surface area (Å²) in [5.74, 6) is 0. The lowest BCUT2D eigenvalue weighted by molar-refractivity contribution is 0.589. The maximum absolute atomic E-state index is 10.0. The molecular weight excluding hydrogens is 454 g/mol. The first-order valence-electron chi connectivity index (χ1n) is 12.5. The van der Waals surface area contributed by atoms with Crippen LogP contribution in [-0.2, 0) is 11.2 Å². The van der Waals surface area contributed by atoms with Gasteiger partial charge < -0.3 is 10.2 Å². The fourth-order valence-electron chi connectivity index (χ4n) is 4.08. The molecule has 4 aromatic rings. The summed E-state index contributed by atoms with van der Waals surface area (Å²) in [7, 11) is 0. The van der Waals surface area contributed by atoms with Crippen molar-refractivity contribution in [2.75, 3.05) is 37.3 Å². The van der Waals surface area contributed by atoms with Gasteiger partial charge in [-0.05, 0) is 41.8 Å². The number of fused-ring (bicyclic) bond motifs is 1. The van der Waals surface area contributed by atoms with Gasteiger partial charge in [-0.25, -0.2) is 9.50 Å². The number of aryl methyl sites for hydroxylation is 1. The van der Waals surface area contributed by atoms with Gasteiger partial charge in [-0.1, -0.05) is 45.9 Å². The van der Waals surface area contributed by atoms with Crippen LogP contribution in [0.25, 0.3) is 27.9 Å². The minimum atomic E-state index is -0.780. The quantitative estimate of drug-likeness (QED) is 0.347. The average molecular weight is 493 g/mol. The maximum atomic E-state index is 10.0. The van der Waals surface area contributed by atoms with Crippen LogP contribution < -0.4 is 10.2 Å². The van der Waals surface area contributed by atoms with Crippen molar-refractivity contribution in [1.29, 1.82) is 0 Å². The van der Waals surface area contributed by atoms with Crippen molar-refractivity contribution < 1.29 is 4.55 Å². The van der Waals surface area contributed by atoms with Crippen molar-refractivity contribution in [3.63, 3.8) is 0 Å². The molecule has 2 N–H and O–H groups in total. The van der Waals surface area contributed by atoms with Crippen LogP contribution in [0.3, 0.4) is 0 Å². The fourth-order valence-corrected chi connectivity index (χ4v) is 4.63. The average Bonchev–Trinajstić information content (AvgIpc) is 3.35. The summed E-state index contributed by atoms with van der Waals surface area (Å²) in [6.45, 7) is 14.2. The first-order valence-corrected chi connectivity index (χ1v) is 14.0. The molecule has 35 heavy (non-hydrogen) atoms. The van der Waals surface area contributed by atoms with E-state index in [0.29, 0.717) is 0 Å². The molecule has 1 fully saturated rings. The molecular formula is C28H38N5OS+. The predicted octanol–water partition coefficient (Wildman–Crippen LogP) is 5.91. The zero-order valence-electron chi connectivity index (χ0n) is 21.7. The minimum absolute atomic E-state index is 0.780. The Morgan fingerprint density at radius 1 is 0.886 bits per heavy atom. The summed E-state index contributed by atoms with van der Waals surface area (Å²) >= 11 is -0.780. The van der Waals surface area contributed by atoms with Gasteiger partial charge in [-0.2, -0.15) is 9.65 Å². The zero-order valence-corrected chi connectivity index (χ0v) is 22.6. The Hall–Kier alpha value is -2.87. The lowest BCUT2D eigenvalue weighted by atomic mass is 10.0. The molecule has 5 rings (SSSR count). The largest absolute Gasteiger partial charge is 0.369 e. The van der Waals surface area contributed by atoms with Crippen LogP contribution in [0.1, 0.15) is 33.3 Å². The van der Waals surface area contributed by atoms with E-state index < -0.39 is 11.2 Å². The number of anilines is 1. The van der Waals surface area contributed by atoms with E-state index in [1.807, 2.05) is 75.3 Å². The molecule has 186 valence electrons. The Balaban J connectivity index is 0.000000815. The Labute approximate surface area is 212 Å². The molecule has 2 aromatic carbocycles. The summed E-state index contributed by atoms with van der Waals surface area (Å²) < 4.78 is 11.8. The SMILES string of the molecule is CC.CC.Cc1ccc([S+](C)O)cc1-c1cnn2cc(-c3ccc(N4CCNCC4)cc3)cnc12. The molecule has 0 saturated carbocycles. The van der Waals surface area contributed by atoms with Crippen molar-refractivity contribution in [3.05, 3.63) is 66.6 Å². The van der Waals surface area contributed by atoms with Gasteiger partial charge >= 0.3 is 0 Å². The number of hydrogen-bond acceptors (Lipinski definition) is 5. The fraction of sp³-hybridized carbons (Fsp3) is 0.357. The van der Waals surface area contributed by atoms with E-state index in [4.69, 9.17) is 4.98 Å². The highest BCUT2D eigenvalue weighted by Gasteiger charge is 2.18. The normalized spacial score (nSPS) is 14.0. The van der Waals surface area contributed by atoms with Gasteiger partial charge in [0.25, 0.3) is 0 Å². The number of rotatable bonds is 4. The summed E-state index contributed by atoms with van der Waals surface area (Å²) in [6, 6.07) is 14.7. The second kappa shape index (κ2) is 12.7. The molecule has 7 heteroatoms. The topological polar surface area (TPSA) is 65.7 Å². The molecule has 1 saturated heterocycles. The first kappa shape index (κ1) is 26.7. The van der Waals surface area contributed by atoms with Crippen LogP contribution in [0, 0.1) is 6.92 Å². The van der Waals surface area contributed by atoms with Crippen molar-refractivity contribution in [1.82, 2.24) is 19.9 Å². The number of nitrogens with one attached hydrogen (secondary N) is 1. The number of hydrogen-bond donors (Lipinski definition) is 2. The van der Waals surface area contributed by atoms with Crippen LogP contribution in [0.2, 0.25) is 0 Å². The Morgan fingerprint density at radius 2 is 1.57 bits per heavy atom. The monoisotopic (exact) mass is 492 g/mol. The summed E-state index contributed by atoms with van der Waals surface area (Å²) in [4.78, 5) is 8.07. The van der Waals surface area contributed by atoms with E-state index in [1.165, 1.54) is 5.69 Å². The molecule has 1 aliphatic rings. The zero-order chi connectivity index (χ0) is 25.4. The van der Waals surface area contributed by atoms with Crippen molar-refractivity contribution in [2.45, 2.75) is 39.5 Å². The highest BCUT2D eigenvalue weighted by Crippen LogP contribution is 2.30. The second-order valence-corrected chi connectivity index (χ2v) is 9.34. The Kier molecular flexibility index (Phi) is 9.72. The molecule has 1 atom stereocenters. The lowest BCUT2D eigenvalue weighted by Crippen LogP contribution is -2.43. The molecule has 0 aliphatic carbocycles. The van der Waals surface area contributed by atoms with Gasteiger partial charge in [-0.15, -0.1) is 0 Å². The maximum Gasteiger partial charge on any atom is 0.190 e. The smallest absolute Gasteiger partial charge is 0.190 e. The van der Waals surface area contributed by atoms with Gasteiger partial charge in [0.1, 0.15) is 6.26 Å². The van der Waals surface area contributed by atoms with E-state index in [2.05, 4.69) is 46.5 Å². The van der Waals surface area contributed by atoms with Gasteiger partial charge in [0.05, 0.1) is 6.20 Å². The number of benzene rings is 2. The molecule has 6 nitrogen and oxygen atoms in total. The third-order valence-corrected chi connectivity index (χ3v) is 6.82. The number of nitrogens with zero attached hydrogens (tertiary/aromatic N) is 4. The third kappa shape index (κ3) is 6.04. The highest BCUT2D eigenvalue weighted by atomic mass is 32.2. The summed E-state index contributed by atoms with van der Waals surface area (Å²) in [6.07, 6.45) is 7.61. The highest BCUT2D eigenvalue weighted by molar-refractivity contribution is 7.90. The first-order chi connectivity index (χ1) is 17.1. The number of aromatic nitrogens is 3. The van der Waals surface area contributed by atoms with Gasteiger partial charge in [0.15, 0.2) is 21.7 Å². The molecule has 3 heterocycles. The van der Waals surface area contributed by atoms with Crippen LogP contribution in [-0.4, -0.2) is 51.6 Å². The van der Waals surface area contributed by atoms with E-state index in [1.54, 1.807) is 0 Å². The van der Waals surface area contributed by atoms with Crippen molar-refractivity contribution >= 4 is 22.5 Å². The summed E-state index contributed by atoms with van der Waals surface area (Å²) in [5, 5.41) is 7.96. The van der Waals surface area contributed by atoms with Crippen LogP contribution >= 0.6 is 0 Å². The molecule has 1 aliphatic heterocycles. The molecule has 0 bridgehead atoms. The standard InChI is InChI=1S/C24H26N5OS.2C2H6/c1-17-3-8-21(31(2)30)13-22(17)23-15-27-29-16-19(14-26-24(23)29)18-4-6-20(7-5-18)28-11-9-25-10-12-28;2*1-2/h3-8,13-16,25,30H,9-12H2,1-2H3;2*1-2H3/q+1;;. The van der Waals surface area contributed by atoms with Gasteiger partial charge in [0.2, 0.25) is 0 Å². The van der Waals surface area contributed by atoms with Crippen molar-refractivity contribution in [2.24, 2.45) is 0 Å². The molecule has 0 radical (unpaired) electrons. The predicted molar refractivity (Wildman–Crippen MR) is 151 cm³/mol. The number of piperazine rings is 1. The molecule has 1 unspecified atom stereocenters. The van der Waals surface area contributed by atoms with Gasteiger partial charge in [-0.3, -0.25) is 0 Å². The van der Waals surface area contributed by atoms with E-state index >= 15 is 0 Å². The summed E-state index contributed by atoms with van der Waals surface area (Å²) in [5.41, 5.74) is 7.40. The Morgan fingerprint density at radius 3 is 2.23 bits per heavy atom. The third-order valence-electron chi connectivity index (χ3n) is 5.88. The van der Waals surface area contributed by atoms with Crippen molar-refractivity contribution in [3.8, 4) is 22.3 Å². The minimum Gasteiger partial charge on any atom is -0.369 e.